The summed E-state index contributed by atoms with van der Waals surface area (Å²) in [6, 6.07) is 0. The van der Waals surface area contributed by atoms with Gasteiger partial charge in [0, 0.05) is 37.5 Å². The Hall–Kier alpha value is -4.40. The number of rotatable bonds is 17. The first-order chi connectivity index (χ1) is 37.2. The molecule has 0 aromatic carbocycles. The van der Waals surface area contributed by atoms with Gasteiger partial charge in [-0.05, 0) is 208 Å². The Morgan fingerprint density at radius 2 is 1.15 bits per heavy atom. The molecule has 4 unspecified atom stereocenters. The zero-order valence-electron chi connectivity index (χ0n) is 54.6. The van der Waals surface area contributed by atoms with E-state index in [0.717, 1.165) is 53.5 Å². The standard InChI is InChI=1S/C10H18O3.C10H20O2.C9H14O3.C9H16O3.C9H14O3.C9H18O2.C9H12O/c1-8(2)6-5-7-10(3,12)9(11)13-4;1-9(2)6-5-7-10(3,11)8-12-4;1-6-4-7(12-8(6)10)5-9(2,3)11;2*1-6(2)4-7-5-9(3,11)8(10)12-7;1-8(2)5-4-6-9(3,11)7-10;1-6(2)8-5-4-7(3)9(8)10/h6,12H,5,7H2,1-4H3;6,11H,5,7-8H2,1-4H3;4,7,11H,5H2,1-3H3;4,7-8,10-11H,5H2,1-3H3;4,7,11H,5H2,1-3H3;5,10-11H,4,6-7H2,1-3H3;4H,5H2,1-3H3/t2*10-;;7?,8-,9-;;9-;/m00.1.0./s1. The van der Waals surface area contributed by atoms with Crippen LogP contribution in [0.5, 0.6) is 0 Å². The van der Waals surface area contributed by atoms with Gasteiger partial charge >= 0.3 is 17.9 Å². The quantitative estimate of drug-likeness (QED) is 0.0291. The van der Waals surface area contributed by atoms with Crippen molar-refractivity contribution in [3.05, 3.63) is 92.7 Å². The summed E-state index contributed by atoms with van der Waals surface area (Å²) < 4.78 is 24.4. The maximum atomic E-state index is 11.2. The molecule has 17 heteroatoms. The number of allylic oxidation sites excluding steroid dienone is 12. The van der Waals surface area contributed by atoms with Crippen LogP contribution >= 0.6 is 0 Å². The number of carbonyl (C=O) groups is 4. The van der Waals surface area contributed by atoms with E-state index < -0.39 is 51.8 Å². The van der Waals surface area contributed by atoms with Gasteiger partial charge in [0.05, 0.1) is 43.2 Å². The average Bonchev–Trinajstić information content (AvgIpc) is 3.97. The minimum atomic E-state index is -1.36. The van der Waals surface area contributed by atoms with Crippen LogP contribution < -0.4 is 0 Å². The number of cyclic esters (lactones) is 2. The molecule has 17 nitrogen and oxygen atoms in total. The first-order valence-electron chi connectivity index (χ1n) is 28.2. The first kappa shape index (κ1) is 81.8. The second-order valence-corrected chi connectivity index (χ2v) is 25.0. The first-order valence-corrected chi connectivity index (χ1v) is 28.2. The minimum Gasteiger partial charge on any atom is -0.467 e. The van der Waals surface area contributed by atoms with Gasteiger partial charge in [-0.25, -0.2) is 14.4 Å². The van der Waals surface area contributed by atoms with Crippen LogP contribution in [-0.2, 0) is 42.9 Å². The van der Waals surface area contributed by atoms with Crippen LogP contribution in [0.1, 0.15) is 210 Å². The van der Waals surface area contributed by atoms with E-state index in [1.54, 1.807) is 54.7 Å². The number of hydrogen-bond acceptors (Lipinski definition) is 17. The molecule has 1 aliphatic carbocycles. The van der Waals surface area contributed by atoms with Crippen LogP contribution in [0.25, 0.3) is 0 Å². The molecule has 0 amide bonds. The van der Waals surface area contributed by atoms with Crippen molar-refractivity contribution in [1.82, 2.24) is 0 Å². The van der Waals surface area contributed by atoms with Crippen molar-refractivity contribution in [3.63, 3.8) is 0 Å². The van der Waals surface area contributed by atoms with E-state index in [4.69, 9.17) is 24.1 Å². The van der Waals surface area contributed by atoms with E-state index >= 15 is 0 Å². The number of aliphatic hydroxyl groups is 8. The largest absolute Gasteiger partial charge is 0.467 e. The van der Waals surface area contributed by atoms with E-state index in [1.165, 1.54) is 37.7 Å². The zero-order chi connectivity index (χ0) is 64.8. The fourth-order valence-corrected chi connectivity index (χ4v) is 7.67. The number of hydrogen-bond donors (Lipinski definition) is 8. The number of ketones is 1. The summed E-state index contributed by atoms with van der Waals surface area (Å²) in [5.74, 6) is -1.14. The van der Waals surface area contributed by atoms with Gasteiger partial charge in [0.25, 0.3) is 0 Å². The Morgan fingerprint density at radius 1 is 0.683 bits per heavy atom. The molecule has 0 radical (unpaired) electrons. The normalized spacial score (nSPS) is 23.5. The van der Waals surface area contributed by atoms with Crippen LogP contribution in [0.4, 0.5) is 0 Å². The summed E-state index contributed by atoms with van der Waals surface area (Å²) in [5.41, 5.74) is 3.47. The molecule has 0 saturated carbocycles. The molecule has 474 valence electrons. The summed E-state index contributed by atoms with van der Waals surface area (Å²) in [5, 5.41) is 75.0. The van der Waals surface area contributed by atoms with E-state index in [-0.39, 0.29) is 36.7 Å². The van der Waals surface area contributed by atoms with Gasteiger partial charge in [0.15, 0.2) is 23.3 Å². The van der Waals surface area contributed by atoms with Crippen molar-refractivity contribution >= 4 is 23.7 Å². The predicted molar refractivity (Wildman–Crippen MR) is 325 cm³/mol. The fraction of sp³-hybridized carbons (Fsp3) is 0.692. The smallest absolute Gasteiger partial charge is 0.338 e. The molecule has 4 rings (SSSR count). The van der Waals surface area contributed by atoms with Crippen LogP contribution in [0.3, 0.4) is 0 Å². The summed E-state index contributed by atoms with van der Waals surface area (Å²) in [6.07, 6.45) is 18.3. The van der Waals surface area contributed by atoms with Crippen molar-refractivity contribution in [2.75, 3.05) is 27.4 Å². The summed E-state index contributed by atoms with van der Waals surface area (Å²) in [6.45, 7) is 39.1. The van der Waals surface area contributed by atoms with Gasteiger partial charge in [-0.15, -0.1) is 0 Å². The molecule has 0 aromatic rings. The summed E-state index contributed by atoms with van der Waals surface area (Å²) >= 11 is 0. The number of aliphatic hydroxyl groups excluding tert-OH is 2. The van der Waals surface area contributed by atoms with E-state index in [2.05, 4.69) is 30.7 Å². The number of Topliss-reactive ketones (excluding diaryl/α,β-unsaturated/α-hetero) is 1. The molecule has 0 bridgehead atoms. The highest BCUT2D eigenvalue weighted by Crippen LogP contribution is 2.30. The van der Waals surface area contributed by atoms with Gasteiger partial charge in [0.2, 0.25) is 0 Å². The topological polar surface area (TPSA) is 276 Å². The molecule has 3 aliphatic heterocycles. The highest BCUT2D eigenvalue weighted by Gasteiger charge is 2.43. The Kier molecular flexibility index (Phi) is 38.4. The molecule has 82 heavy (non-hydrogen) atoms. The highest BCUT2D eigenvalue weighted by molar-refractivity contribution is 6.10. The van der Waals surface area contributed by atoms with Crippen LogP contribution in [-0.4, -0.2) is 150 Å². The lowest BCUT2D eigenvalue weighted by atomic mass is 10.00. The molecule has 4 aliphatic rings. The van der Waals surface area contributed by atoms with Crippen LogP contribution in [0, 0.1) is 0 Å². The number of ether oxygens (including phenoxy) is 5. The van der Waals surface area contributed by atoms with Crippen molar-refractivity contribution in [1.29, 1.82) is 0 Å². The second kappa shape index (κ2) is 38.5. The van der Waals surface area contributed by atoms with Crippen LogP contribution in [0.15, 0.2) is 92.7 Å². The summed E-state index contributed by atoms with van der Waals surface area (Å²) in [7, 11) is 2.88. The van der Waals surface area contributed by atoms with E-state index in [0.29, 0.717) is 50.7 Å². The molecule has 2 fully saturated rings. The van der Waals surface area contributed by atoms with Crippen molar-refractivity contribution in [3.8, 4) is 0 Å². The Bertz CT molecular complexity index is 2210. The summed E-state index contributed by atoms with van der Waals surface area (Å²) in [4.78, 5) is 44.1. The number of methoxy groups -OCH3 is 2. The van der Waals surface area contributed by atoms with Gasteiger partial charge in [-0.2, -0.15) is 0 Å². The van der Waals surface area contributed by atoms with E-state index in [1.807, 2.05) is 100 Å². The third-order valence-electron chi connectivity index (χ3n) is 12.4. The lowest BCUT2D eigenvalue weighted by Crippen LogP contribution is -2.35. The van der Waals surface area contributed by atoms with Gasteiger partial charge in [-0.3, -0.25) is 4.79 Å². The van der Waals surface area contributed by atoms with E-state index in [9.17, 15) is 54.9 Å². The fourth-order valence-electron chi connectivity index (χ4n) is 7.67. The monoisotopic (exact) mass is 1160 g/mol. The zero-order valence-corrected chi connectivity index (χ0v) is 54.6. The number of esters is 3. The molecule has 0 spiro atoms. The Labute approximate surface area is 493 Å². The maximum Gasteiger partial charge on any atom is 0.338 e. The Morgan fingerprint density at radius 3 is 1.45 bits per heavy atom. The lowest BCUT2D eigenvalue weighted by molar-refractivity contribution is -0.161. The third kappa shape index (κ3) is 39.2. The highest BCUT2D eigenvalue weighted by atomic mass is 16.6. The molecular formula is C65H112O17. The van der Waals surface area contributed by atoms with Gasteiger partial charge in [-0.1, -0.05) is 63.8 Å². The SMILES string of the molecule is CC(C)=CC1CC(C)(O)C(=O)O1.CC(C)=CC1C[C@@](C)(O)[C@H](O)O1.CC(C)=CCC[C@](C)(O)CO.CC1=CC(CC(C)(C)O)OC1=O.CC1=CCC(=C(C)C)C1=O.COC(=O)[C@@](C)(O)CCC=C(C)C.COC[C@@](C)(O)CCC=C(C)C. The lowest BCUT2D eigenvalue weighted by Gasteiger charge is -2.21. The van der Waals surface area contributed by atoms with Gasteiger partial charge in [0.1, 0.15) is 17.8 Å². The van der Waals surface area contributed by atoms with Crippen LogP contribution in [0.2, 0.25) is 0 Å². The van der Waals surface area contributed by atoms with Gasteiger partial charge < -0.3 is 64.5 Å². The third-order valence-corrected chi connectivity index (χ3v) is 12.4. The molecule has 3 heterocycles. The van der Waals surface area contributed by atoms with Crippen molar-refractivity contribution < 1.29 is 83.7 Å². The van der Waals surface area contributed by atoms with Crippen molar-refractivity contribution in [2.24, 2.45) is 0 Å². The minimum absolute atomic E-state index is 0.153. The molecule has 2 saturated heterocycles. The predicted octanol–water partition coefficient (Wildman–Crippen LogP) is 10.4. The number of carbonyl (C=O) groups excluding carboxylic acids is 4. The maximum absolute atomic E-state index is 11.2. The molecule has 0 aromatic heterocycles. The molecule has 9 atom stereocenters. The second-order valence-electron chi connectivity index (χ2n) is 25.0. The molecular weight excluding hydrogens is 1050 g/mol. The van der Waals surface area contributed by atoms with Crippen molar-refractivity contribution in [2.45, 2.75) is 268 Å². The molecule has 8 N–H and O–H groups in total. The Balaban J connectivity index is -0.000000889. The average molecular weight is 1170 g/mol.